The van der Waals surface area contributed by atoms with Crippen molar-refractivity contribution in [1.82, 2.24) is 0 Å². The van der Waals surface area contributed by atoms with E-state index in [-0.39, 0.29) is 26.9 Å². The molecule has 0 saturated heterocycles. The summed E-state index contributed by atoms with van der Waals surface area (Å²) in [6.07, 6.45) is 0. The molecule has 0 aromatic heterocycles. The van der Waals surface area contributed by atoms with Crippen LogP contribution >= 0.6 is 0 Å². The Bertz CT molecular complexity index is 1380. The Balaban J connectivity index is 1.97. The number of hydrogen-bond donors (Lipinski definition) is 2. The number of anilines is 2. The van der Waals surface area contributed by atoms with E-state index in [1.54, 1.807) is 18.2 Å². The van der Waals surface area contributed by atoms with E-state index < -0.39 is 20.0 Å². The first kappa shape index (κ1) is 22.9. The van der Waals surface area contributed by atoms with E-state index in [0.29, 0.717) is 11.3 Å². The number of methoxy groups -OCH3 is 2. The SMILES string of the molecule is COc1ccccc1NS(=O)(=O)c1ccc(OC)c(NS(=O)(=O)c2ccc(C#N)cc2)c1. The van der Waals surface area contributed by atoms with Crippen molar-refractivity contribution >= 4 is 31.4 Å². The predicted molar refractivity (Wildman–Crippen MR) is 119 cm³/mol. The summed E-state index contributed by atoms with van der Waals surface area (Å²) in [6, 6.07) is 17.4. The predicted octanol–water partition coefficient (Wildman–Crippen LogP) is 3.18. The molecule has 0 aliphatic rings. The normalized spacial score (nSPS) is 11.3. The minimum absolute atomic E-state index is 0.0697. The maximum atomic E-state index is 12.9. The first-order valence-electron chi connectivity index (χ1n) is 9.07. The van der Waals surface area contributed by atoms with Gasteiger partial charge in [0.1, 0.15) is 11.5 Å². The monoisotopic (exact) mass is 473 g/mol. The molecule has 9 nitrogen and oxygen atoms in total. The zero-order valence-corrected chi connectivity index (χ0v) is 18.7. The van der Waals surface area contributed by atoms with Crippen molar-refractivity contribution in [3.63, 3.8) is 0 Å². The van der Waals surface area contributed by atoms with E-state index in [9.17, 15) is 16.8 Å². The molecule has 2 N–H and O–H groups in total. The van der Waals surface area contributed by atoms with Crippen LogP contribution in [0.4, 0.5) is 11.4 Å². The van der Waals surface area contributed by atoms with Crippen LogP contribution in [0.5, 0.6) is 11.5 Å². The van der Waals surface area contributed by atoms with Crippen molar-refractivity contribution < 1.29 is 26.3 Å². The molecule has 32 heavy (non-hydrogen) atoms. The van der Waals surface area contributed by atoms with Gasteiger partial charge in [0, 0.05) is 0 Å². The molecule has 0 aliphatic carbocycles. The fourth-order valence-electron chi connectivity index (χ4n) is 2.78. The third kappa shape index (κ3) is 4.93. The number of sulfonamides is 2. The van der Waals surface area contributed by atoms with Gasteiger partial charge in [0.05, 0.1) is 47.0 Å². The molecule has 3 aromatic rings. The van der Waals surface area contributed by atoms with Crippen LogP contribution in [0.1, 0.15) is 5.56 Å². The molecule has 0 fully saturated rings. The van der Waals surface area contributed by atoms with Gasteiger partial charge in [0.25, 0.3) is 20.0 Å². The van der Waals surface area contributed by atoms with Crippen LogP contribution in [0, 0.1) is 11.3 Å². The number of benzene rings is 3. The molecular formula is C21H19N3O6S2. The number of para-hydroxylation sites is 2. The smallest absolute Gasteiger partial charge is 0.262 e. The maximum Gasteiger partial charge on any atom is 0.262 e. The third-order valence-electron chi connectivity index (χ3n) is 4.37. The van der Waals surface area contributed by atoms with Gasteiger partial charge in [0.15, 0.2) is 0 Å². The molecule has 166 valence electrons. The summed E-state index contributed by atoms with van der Waals surface area (Å²) in [5.41, 5.74) is 0.460. The number of hydrogen-bond acceptors (Lipinski definition) is 7. The first-order chi connectivity index (χ1) is 15.2. The Hall–Kier alpha value is -3.75. The summed E-state index contributed by atoms with van der Waals surface area (Å²) >= 11 is 0. The van der Waals surface area contributed by atoms with Crippen molar-refractivity contribution in [3.8, 4) is 17.6 Å². The van der Waals surface area contributed by atoms with Crippen LogP contribution in [0.3, 0.4) is 0 Å². The fraction of sp³-hybridized carbons (Fsp3) is 0.0952. The van der Waals surface area contributed by atoms with E-state index in [0.717, 1.165) is 6.07 Å². The van der Waals surface area contributed by atoms with Crippen LogP contribution in [-0.4, -0.2) is 31.1 Å². The molecule has 3 aromatic carbocycles. The van der Waals surface area contributed by atoms with E-state index in [4.69, 9.17) is 14.7 Å². The zero-order valence-electron chi connectivity index (χ0n) is 17.1. The van der Waals surface area contributed by atoms with Gasteiger partial charge in [-0.3, -0.25) is 9.44 Å². The second-order valence-corrected chi connectivity index (χ2v) is 9.77. The van der Waals surface area contributed by atoms with Crippen LogP contribution in [-0.2, 0) is 20.0 Å². The highest BCUT2D eigenvalue weighted by atomic mass is 32.2. The Morgan fingerprint density at radius 3 is 1.88 bits per heavy atom. The van der Waals surface area contributed by atoms with Crippen LogP contribution in [0.2, 0.25) is 0 Å². The summed E-state index contributed by atoms with van der Waals surface area (Å²) in [4.78, 5) is -0.291. The average molecular weight is 474 g/mol. The zero-order chi connectivity index (χ0) is 23.4. The highest BCUT2D eigenvalue weighted by Crippen LogP contribution is 2.32. The molecule has 0 saturated carbocycles. The summed E-state index contributed by atoms with van der Waals surface area (Å²) in [7, 11) is -5.41. The fourth-order valence-corrected chi connectivity index (χ4v) is 4.94. The van der Waals surface area contributed by atoms with Gasteiger partial charge >= 0.3 is 0 Å². The number of ether oxygens (including phenoxy) is 2. The second-order valence-electron chi connectivity index (χ2n) is 6.41. The molecule has 0 amide bonds. The van der Waals surface area contributed by atoms with Crippen LogP contribution in [0.25, 0.3) is 0 Å². The molecule has 3 rings (SSSR count). The Morgan fingerprint density at radius 1 is 0.719 bits per heavy atom. The van der Waals surface area contributed by atoms with Gasteiger partial charge in [-0.1, -0.05) is 12.1 Å². The molecule has 0 bridgehead atoms. The van der Waals surface area contributed by atoms with Crippen molar-refractivity contribution in [2.24, 2.45) is 0 Å². The highest BCUT2D eigenvalue weighted by Gasteiger charge is 2.21. The average Bonchev–Trinajstić information content (AvgIpc) is 2.79. The molecular weight excluding hydrogens is 454 g/mol. The highest BCUT2D eigenvalue weighted by molar-refractivity contribution is 7.93. The number of nitrogens with zero attached hydrogens (tertiary/aromatic N) is 1. The summed E-state index contributed by atoms with van der Waals surface area (Å²) in [6.45, 7) is 0. The minimum Gasteiger partial charge on any atom is -0.495 e. The molecule has 0 aliphatic heterocycles. The molecule has 0 unspecified atom stereocenters. The first-order valence-corrected chi connectivity index (χ1v) is 12.0. The van der Waals surface area contributed by atoms with Gasteiger partial charge in [-0.25, -0.2) is 16.8 Å². The topological polar surface area (TPSA) is 135 Å². The Kier molecular flexibility index (Phi) is 6.57. The minimum atomic E-state index is -4.08. The molecule has 0 spiro atoms. The van der Waals surface area contributed by atoms with Crippen LogP contribution in [0.15, 0.2) is 76.5 Å². The number of rotatable bonds is 8. The molecule has 0 heterocycles. The van der Waals surface area contributed by atoms with Gasteiger partial charge in [-0.05, 0) is 54.6 Å². The third-order valence-corrected chi connectivity index (χ3v) is 7.12. The van der Waals surface area contributed by atoms with Crippen molar-refractivity contribution in [2.45, 2.75) is 9.79 Å². The standard InChI is InChI=1S/C21H19N3O6S2/c1-29-20-6-4-3-5-18(20)23-32(27,28)17-11-12-21(30-2)19(13-17)24-31(25,26)16-9-7-15(14-22)8-10-16/h3-13,23-24H,1-2H3. The lowest BCUT2D eigenvalue weighted by Gasteiger charge is -2.15. The number of nitrogens with one attached hydrogen (secondary N) is 2. The van der Waals surface area contributed by atoms with Gasteiger partial charge in [-0.2, -0.15) is 5.26 Å². The molecule has 0 atom stereocenters. The van der Waals surface area contributed by atoms with Crippen molar-refractivity contribution in [2.75, 3.05) is 23.7 Å². The van der Waals surface area contributed by atoms with E-state index in [1.807, 2.05) is 6.07 Å². The largest absolute Gasteiger partial charge is 0.495 e. The second kappa shape index (κ2) is 9.17. The Labute approximate surface area is 186 Å². The quantitative estimate of drug-likeness (QED) is 0.513. The van der Waals surface area contributed by atoms with E-state index in [1.165, 1.54) is 56.7 Å². The lowest BCUT2D eigenvalue weighted by atomic mass is 10.2. The van der Waals surface area contributed by atoms with Gasteiger partial charge in [-0.15, -0.1) is 0 Å². The van der Waals surface area contributed by atoms with Crippen molar-refractivity contribution in [3.05, 3.63) is 72.3 Å². The molecule has 0 radical (unpaired) electrons. The maximum absolute atomic E-state index is 12.9. The molecule has 11 heteroatoms. The van der Waals surface area contributed by atoms with Crippen molar-refractivity contribution in [1.29, 1.82) is 5.26 Å². The lowest BCUT2D eigenvalue weighted by molar-refractivity contribution is 0.416. The Morgan fingerprint density at radius 2 is 1.25 bits per heavy atom. The van der Waals surface area contributed by atoms with E-state index >= 15 is 0 Å². The summed E-state index contributed by atoms with van der Waals surface area (Å²) < 4.78 is 66.5. The summed E-state index contributed by atoms with van der Waals surface area (Å²) in [5.74, 6) is 0.449. The van der Waals surface area contributed by atoms with Crippen LogP contribution < -0.4 is 18.9 Å². The lowest BCUT2D eigenvalue weighted by Crippen LogP contribution is -2.16. The van der Waals surface area contributed by atoms with Gasteiger partial charge in [0.2, 0.25) is 0 Å². The summed E-state index contributed by atoms with van der Waals surface area (Å²) in [5, 5.41) is 8.88. The van der Waals surface area contributed by atoms with E-state index in [2.05, 4.69) is 9.44 Å². The van der Waals surface area contributed by atoms with Gasteiger partial charge < -0.3 is 9.47 Å². The number of nitriles is 1.